The summed E-state index contributed by atoms with van der Waals surface area (Å²) in [6.07, 6.45) is 3.62. The van der Waals surface area contributed by atoms with Crippen molar-refractivity contribution in [3.05, 3.63) is 11.6 Å². The van der Waals surface area contributed by atoms with E-state index in [0.717, 1.165) is 18.6 Å². The van der Waals surface area contributed by atoms with Crippen molar-refractivity contribution in [3.63, 3.8) is 0 Å². The Hall–Kier alpha value is -0.950. The number of nitrogens with zero attached hydrogens (tertiary/aromatic N) is 1. The topological polar surface area (TPSA) is 61.1 Å². The smallest absolute Gasteiger partial charge is 0.346 e. The highest BCUT2D eigenvalue weighted by Crippen LogP contribution is 2.39. The van der Waals surface area contributed by atoms with Crippen LogP contribution in [0.5, 0.6) is 0 Å². The lowest BCUT2D eigenvalue weighted by molar-refractivity contribution is -0.132. The average Bonchev–Trinajstić information content (AvgIpc) is 2.48. The van der Waals surface area contributed by atoms with Gasteiger partial charge in [-0.15, -0.1) is 0 Å². The number of nitriles is 1. The first kappa shape index (κ1) is 10.1. The van der Waals surface area contributed by atoms with Gasteiger partial charge in [-0.1, -0.05) is 0 Å². The van der Waals surface area contributed by atoms with Crippen LogP contribution in [0.2, 0.25) is 0 Å². The molecule has 70 valence electrons. The highest BCUT2D eigenvalue weighted by molar-refractivity contribution is 8.01. The van der Waals surface area contributed by atoms with Gasteiger partial charge < -0.3 is 5.11 Å². The van der Waals surface area contributed by atoms with E-state index in [1.54, 1.807) is 23.9 Å². The molecule has 1 fully saturated rings. The van der Waals surface area contributed by atoms with Crippen LogP contribution in [0, 0.1) is 11.3 Å². The molecule has 1 saturated heterocycles. The van der Waals surface area contributed by atoms with Gasteiger partial charge in [0.15, 0.2) is 0 Å². The summed E-state index contributed by atoms with van der Waals surface area (Å²) in [6.45, 7) is 1.98. The lowest BCUT2D eigenvalue weighted by Crippen LogP contribution is -2.14. The van der Waals surface area contributed by atoms with E-state index in [2.05, 4.69) is 0 Å². The SMILES string of the molecule is CC1(/C=C(/C#N)C(=O)O)CCCS1. The van der Waals surface area contributed by atoms with E-state index in [-0.39, 0.29) is 10.3 Å². The Balaban J connectivity index is 2.84. The van der Waals surface area contributed by atoms with Crippen molar-refractivity contribution in [1.82, 2.24) is 0 Å². The van der Waals surface area contributed by atoms with Crippen LogP contribution in [0.3, 0.4) is 0 Å². The average molecular weight is 197 g/mol. The molecular formula is C9H11NO2S. The maximum absolute atomic E-state index is 10.6. The molecular weight excluding hydrogens is 186 g/mol. The summed E-state index contributed by atoms with van der Waals surface area (Å²) in [5.74, 6) is -0.0815. The van der Waals surface area contributed by atoms with Gasteiger partial charge in [0.1, 0.15) is 11.6 Å². The lowest BCUT2D eigenvalue weighted by Gasteiger charge is -2.16. The van der Waals surface area contributed by atoms with Gasteiger partial charge in [-0.3, -0.25) is 0 Å². The summed E-state index contributed by atoms with van der Waals surface area (Å²) in [7, 11) is 0. The number of carboxylic acid groups (broad SMARTS) is 1. The predicted octanol–water partition coefficient (Wildman–Crippen LogP) is 1.81. The van der Waals surface area contributed by atoms with Crippen molar-refractivity contribution in [2.24, 2.45) is 0 Å². The quantitative estimate of drug-likeness (QED) is 0.541. The van der Waals surface area contributed by atoms with Crippen LogP contribution in [0.1, 0.15) is 19.8 Å². The molecule has 1 aliphatic rings. The minimum Gasteiger partial charge on any atom is -0.477 e. The normalized spacial score (nSPS) is 28.5. The van der Waals surface area contributed by atoms with Crippen LogP contribution in [-0.2, 0) is 4.79 Å². The molecule has 1 rings (SSSR count). The maximum atomic E-state index is 10.6. The Kier molecular flexibility index (Phi) is 2.99. The van der Waals surface area contributed by atoms with Gasteiger partial charge in [-0.2, -0.15) is 17.0 Å². The van der Waals surface area contributed by atoms with Gasteiger partial charge in [0.05, 0.1) is 0 Å². The molecule has 0 saturated carbocycles. The van der Waals surface area contributed by atoms with E-state index < -0.39 is 5.97 Å². The van der Waals surface area contributed by atoms with Crippen LogP contribution in [-0.4, -0.2) is 21.6 Å². The van der Waals surface area contributed by atoms with E-state index in [1.165, 1.54) is 0 Å². The fourth-order valence-electron chi connectivity index (χ4n) is 1.36. The summed E-state index contributed by atoms with van der Waals surface area (Å²) in [4.78, 5) is 10.6. The van der Waals surface area contributed by atoms with Crippen LogP contribution < -0.4 is 0 Å². The Morgan fingerprint density at radius 3 is 2.85 bits per heavy atom. The van der Waals surface area contributed by atoms with Gasteiger partial charge >= 0.3 is 5.97 Å². The van der Waals surface area contributed by atoms with Crippen molar-refractivity contribution >= 4 is 17.7 Å². The van der Waals surface area contributed by atoms with E-state index in [0.29, 0.717) is 0 Å². The summed E-state index contributed by atoms with van der Waals surface area (Å²) >= 11 is 1.71. The summed E-state index contributed by atoms with van der Waals surface area (Å²) in [5.41, 5.74) is -0.142. The van der Waals surface area contributed by atoms with E-state index >= 15 is 0 Å². The Labute approximate surface area is 81.4 Å². The van der Waals surface area contributed by atoms with Crippen LogP contribution >= 0.6 is 11.8 Å². The molecule has 0 aromatic rings. The number of rotatable bonds is 2. The summed E-state index contributed by atoms with van der Waals surface area (Å²) < 4.78 is -0.149. The number of carbonyl (C=O) groups is 1. The zero-order valence-electron chi connectivity index (χ0n) is 7.41. The van der Waals surface area contributed by atoms with E-state index in [9.17, 15) is 4.79 Å². The number of carboxylic acids is 1. The number of hydrogen-bond donors (Lipinski definition) is 1. The molecule has 1 N–H and O–H groups in total. The molecule has 0 bridgehead atoms. The van der Waals surface area contributed by atoms with Crippen molar-refractivity contribution in [2.75, 3.05) is 5.75 Å². The van der Waals surface area contributed by atoms with Gasteiger partial charge in [-0.25, -0.2) is 4.79 Å². The number of hydrogen-bond acceptors (Lipinski definition) is 3. The van der Waals surface area contributed by atoms with Crippen LogP contribution in [0.4, 0.5) is 0 Å². The second-order valence-electron chi connectivity index (χ2n) is 3.24. The van der Waals surface area contributed by atoms with Crippen molar-refractivity contribution in [1.29, 1.82) is 5.26 Å². The van der Waals surface area contributed by atoms with E-state index in [4.69, 9.17) is 10.4 Å². The minimum atomic E-state index is -1.13. The first-order valence-electron chi connectivity index (χ1n) is 4.08. The van der Waals surface area contributed by atoms with Crippen molar-refractivity contribution in [3.8, 4) is 6.07 Å². The molecule has 0 spiro atoms. The molecule has 1 atom stereocenters. The van der Waals surface area contributed by atoms with Gasteiger partial charge in [-0.05, 0) is 31.6 Å². The molecule has 1 heterocycles. The lowest BCUT2D eigenvalue weighted by atomic mass is 10.0. The molecule has 0 aliphatic carbocycles. The Morgan fingerprint density at radius 1 is 1.77 bits per heavy atom. The van der Waals surface area contributed by atoms with Gasteiger partial charge in [0.2, 0.25) is 0 Å². The molecule has 0 aromatic heterocycles. The Morgan fingerprint density at radius 2 is 2.46 bits per heavy atom. The minimum absolute atomic E-state index is 0.142. The second-order valence-corrected chi connectivity index (χ2v) is 4.87. The molecule has 0 aromatic carbocycles. The third-order valence-electron chi connectivity index (χ3n) is 2.05. The first-order valence-corrected chi connectivity index (χ1v) is 5.06. The third-order valence-corrected chi connectivity index (χ3v) is 3.52. The molecule has 0 amide bonds. The van der Waals surface area contributed by atoms with Gasteiger partial charge in [0, 0.05) is 4.75 Å². The number of aliphatic carboxylic acids is 1. The summed E-state index contributed by atoms with van der Waals surface area (Å²) in [6, 6.07) is 1.70. The molecule has 3 nitrogen and oxygen atoms in total. The summed E-state index contributed by atoms with van der Waals surface area (Å²) in [5, 5.41) is 17.2. The first-order chi connectivity index (χ1) is 6.07. The number of thioether (sulfide) groups is 1. The standard InChI is InChI=1S/C9H11NO2S/c1-9(3-2-4-13-9)5-7(6-10)8(11)12/h5H,2-4H2,1H3,(H,11,12)/b7-5-. The molecule has 13 heavy (non-hydrogen) atoms. The molecule has 0 radical (unpaired) electrons. The van der Waals surface area contributed by atoms with Crippen LogP contribution in [0.15, 0.2) is 11.6 Å². The maximum Gasteiger partial charge on any atom is 0.346 e. The van der Waals surface area contributed by atoms with Crippen LogP contribution in [0.25, 0.3) is 0 Å². The third kappa shape index (κ3) is 2.49. The second kappa shape index (κ2) is 3.84. The fourth-order valence-corrected chi connectivity index (χ4v) is 2.61. The zero-order chi connectivity index (χ0) is 9.90. The van der Waals surface area contributed by atoms with Crippen molar-refractivity contribution in [2.45, 2.75) is 24.5 Å². The molecule has 1 unspecified atom stereocenters. The van der Waals surface area contributed by atoms with Crippen molar-refractivity contribution < 1.29 is 9.90 Å². The predicted molar refractivity (Wildman–Crippen MR) is 51.4 cm³/mol. The van der Waals surface area contributed by atoms with E-state index in [1.807, 2.05) is 6.92 Å². The highest BCUT2D eigenvalue weighted by atomic mass is 32.2. The fraction of sp³-hybridized carbons (Fsp3) is 0.556. The van der Waals surface area contributed by atoms with Gasteiger partial charge in [0.25, 0.3) is 0 Å². The monoisotopic (exact) mass is 197 g/mol. The molecule has 4 heteroatoms. The highest BCUT2D eigenvalue weighted by Gasteiger charge is 2.28. The molecule has 1 aliphatic heterocycles. The Bertz CT molecular complexity index is 284. The zero-order valence-corrected chi connectivity index (χ0v) is 8.23. The largest absolute Gasteiger partial charge is 0.477 e.